The van der Waals surface area contributed by atoms with Crippen molar-refractivity contribution in [1.29, 1.82) is 0 Å². The molecule has 0 aromatic rings. The zero-order valence-corrected chi connectivity index (χ0v) is 13.6. The van der Waals surface area contributed by atoms with E-state index in [0.717, 1.165) is 25.0 Å². The second-order valence-corrected chi connectivity index (χ2v) is 5.79. The molecule has 2 unspecified atom stereocenters. The molecule has 0 spiro atoms. The molecule has 2 aliphatic heterocycles. The number of nitrogens with one attached hydrogen (secondary N) is 2. The van der Waals surface area contributed by atoms with Crippen molar-refractivity contribution in [3.05, 3.63) is 0 Å². The number of carbonyl (C=O) groups is 2. The highest BCUT2D eigenvalue weighted by Crippen LogP contribution is 2.23. The number of aliphatic imine (C=N–C) groups is 1. The minimum atomic E-state index is -0.502. The summed E-state index contributed by atoms with van der Waals surface area (Å²) >= 11 is 0. The highest BCUT2D eigenvalue weighted by molar-refractivity contribution is 6.03. The summed E-state index contributed by atoms with van der Waals surface area (Å²) in [7, 11) is 1.64. The van der Waals surface area contributed by atoms with Crippen LogP contribution >= 0.6 is 0 Å². The molecule has 2 heterocycles. The number of likely N-dealkylation sites (N-methyl/N-ethyl adjacent to an activating group) is 1. The largest absolute Gasteiger partial charge is 0.326 e. The Bertz CT molecular complexity index is 511. The van der Waals surface area contributed by atoms with E-state index in [1.54, 1.807) is 7.05 Å². The molecule has 22 heavy (non-hydrogen) atoms. The summed E-state index contributed by atoms with van der Waals surface area (Å²) in [6.45, 7) is 6.58. The van der Waals surface area contributed by atoms with Crippen LogP contribution in [0.25, 0.3) is 0 Å². The Hall–Kier alpha value is -2.12. The van der Waals surface area contributed by atoms with Crippen LogP contribution in [-0.4, -0.2) is 59.2 Å². The quantitative estimate of drug-likeness (QED) is 0.445. The number of fused-ring (bicyclic) bond motifs is 1. The van der Waals surface area contributed by atoms with Gasteiger partial charge in [0.1, 0.15) is 0 Å². The first kappa shape index (κ1) is 16.3. The van der Waals surface area contributed by atoms with Crippen LogP contribution in [-0.2, 0) is 4.79 Å². The van der Waals surface area contributed by atoms with Crippen LogP contribution in [0.1, 0.15) is 40.0 Å². The molecule has 2 rings (SSSR count). The maximum absolute atomic E-state index is 12.2. The summed E-state index contributed by atoms with van der Waals surface area (Å²) in [5.41, 5.74) is 3.78. The molecular formula is C14H24N6O2. The molecule has 0 aliphatic carbocycles. The van der Waals surface area contributed by atoms with E-state index >= 15 is 0 Å². The summed E-state index contributed by atoms with van der Waals surface area (Å²) in [5, 5.41) is 6.55. The Kier molecular flexibility index (Phi) is 4.99. The van der Waals surface area contributed by atoms with Crippen molar-refractivity contribution in [1.82, 2.24) is 20.5 Å². The van der Waals surface area contributed by atoms with Crippen molar-refractivity contribution in [2.75, 3.05) is 13.6 Å². The maximum atomic E-state index is 12.2. The first-order valence-corrected chi connectivity index (χ1v) is 7.64. The van der Waals surface area contributed by atoms with Gasteiger partial charge in [0.05, 0.1) is 0 Å². The third kappa shape index (κ3) is 3.20. The zero-order valence-electron chi connectivity index (χ0n) is 13.6. The maximum Gasteiger partial charge on any atom is 0.325 e. The van der Waals surface area contributed by atoms with Crippen molar-refractivity contribution >= 4 is 23.6 Å². The molecule has 0 radical (unpaired) electrons. The molecule has 0 aromatic carbocycles. The van der Waals surface area contributed by atoms with E-state index in [2.05, 4.69) is 27.8 Å². The van der Waals surface area contributed by atoms with Crippen LogP contribution in [0.15, 0.2) is 10.1 Å². The van der Waals surface area contributed by atoms with Crippen molar-refractivity contribution < 1.29 is 9.59 Å². The number of rotatable bonds is 5. The van der Waals surface area contributed by atoms with Gasteiger partial charge in [-0.3, -0.25) is 10.1 Å². The lowest BCUT2D eigenvalue weighted by atomic mass is 10.1. The third-order valence-corrected chi connectivity index (χ3v) is 3.74. The van der Waals surface area contributed by atoms with Gasteiger partial charge in [0.15, 0.2) is 12.2 Å². The predicted molar refractivity (Wildman–Crippen MR) is 84.5 cm³/mol. The van der Waals surface area contributed by atoms with E-state index in [1.807, 2.05) is 18.7 Å². The molecule has 0 bridgehead atoms. The van der Waals surface area contributed by atoms with Gasteiger partial charge < -0.3 is 9.80 Å². The first-order chi connectivity index (χ1) is 10.5. The van der Waals surface area contributed by atoms with Crippen molar-refractivity contribution in [3.8, 4) is 0 Å². The van der Waals surface area contributed by atoms with Crippen LogP contribution in [0.4, 0.5) is 4.79 Å². The van der Waals surface area contributed by atoms with Gasteiger partial charge in [-0.1, -0.05) is 19.8 Å². The Balaban J connectivity index is 2.22. The predicted octanol–water partition coefficient (Wildman–Crippen LogP) is 0.710. The molecule has 0 aromatic heterocycles. The SMILES string of the molecule is CCCCCN1C(NN=C(C)C)=NC2C1C(=O)NC(=O)N2C. The molecule has 1 fully saturated rings. The monoisotopic (exact) mass is 308 g/mol. The molecule has 0 saturated carbocycles. The van der Waals surface area contributed by atoms with Crippen LogP contribution in [0.2, 0.25) is 0 Å². The fourth-order valence-corrected chi connectivity index (χ4v) is 2.56. The van der Waals surface area contributed by atoms with Gasteiger partial charge in [0, 0.05) is 19.3 Å². The molecule has 3 amide bonds. The number of hydrogen-bond donors (Lipinski definition) is 2. The molecule has 2 N–H and O–H groups in total. The highest BCUT2D eigenvalue weighted by Gasteiger charge is 2.48. The lowest BCUT2D eigenvalue weighted by Crippen LogP contribution is -2.64. The standard InChI is InChI=1S/C14H24N6O2/c1-5-6-7-8-20-10-11(15-13(20)18-17-9(2)3)19(4)14(22)16-12(10)21/h10-11H,5-8H2,1-4H3,(H,15,18)(H,16,21,22). The molecule has 122 valence electrons. The lowest BCUT2D eigenvalue weighted by molar-refractivity contribution is -0.127. The Morgan fingerprint density at radius 3 is 2.73 bits per heavy atom. The minimum absolute atomic E-state index is 0.303. The van der Waals surface area contributed by atoms with Crippen molar-refractivity contribution in [2.45, 2.75) is 52.2 Å². The summed E-state index contributed by atoms with van der Waals surface area (Å²) < 4.78 is 0. The number of carbonyl (C=O) groups excluding carboxylic acids is 2. The van der Waals surface area contributed by atoms with Gasteiger partial charge >= 0.3 is 6.03 Å². The van der Waals surface area contributed by atoms with Crippen molar-refractivity contribution in [2.24, 2.45) is 10.1 Å². The van der Waals surface area contributed by atoms with Gasteiger partial charge in [-0.2, -0.15) is 5.10 Å². The smallest absolute Gasteiger partial charge is 0.325 e. The van der Waals surface area contributed by atoms with Gasteiger partial charge in [0.2, 0.25) is 5.96 Å². The van der Waals surface area contributed by atoms with Crippen LogP contribution in [0.3, 0.4) is 0 Å². The number of urea groups is 1. The van der Waals surface area contributed by atoms with Gasteiger partial charge in [0.25, 0.3) is 5.91 Å². The normalized spacial score (nSPS) is 23.9. The number of unbranched alkanes of at least 4 members (excludes halogenated alkanes) is 2. The van der Waals surface area contributed by atoms with Crippen LogP contribution < -0.4 is 10.7 Å². The second kappa shape index (κ2) is 6.76. The summed E-state index contributed by atoms with van der Waals surface area (Å²) in [4.78, 5) is 31.8. The van der Waals surface area contributed by atoms with E-state index < -0.39 is 18.2 Å². The Morgan fingerprint density at radius 1 is 1.36 bits per heavy atom. The number of amides is 3. The number of guanidine groups is 1. The van der Waals surface area contributed by atoms with Gasteiger partial charge in [-0.15, -0.1) is 0 Å². The van der Waals surface area contributed by atoms with Crippen LogP contribution in [0.5, 0.6) is 0 Å². The van der Waals surface area contributed by atoms with E-state index in [9.17, 15) is 9.59 Å². The van der Waals surface area contributed by atoms with Gasteiger partial charge in [-0.25, -0.2) is 15.2 Å². The number of hydrogen-bond acceptors (Lipinski definition) is 6. The molecule has 2 aliphatic rings. The molecule has 2 atom stereocenters. The first-order valence-electron chi connectivity index (χ1n) is 7.64. The van der Waals surface area contributed by atoms with E-state index in [-0.39, 0.29) is 5.91 Å². The summed E-state index contributed by atoms with van der Waals surface area (Å²) in [6.07, 6.45) is 2.63. The van der Waals surface area contributed by atoms with E-state index in [0.29, 0.717) is 12.5 Å². The van der Waals surface area contributed by atoms with Crippen LogP contribution in [0, 0.1) is 0 Å². The van der Waals surface area contributed by atoms with Crippen molar-refractivity contribution in [3.63, 3.8) is 0 Å². The fraction of sp³-hybridized carbons (Fsp3) is 0.714. The van der Waals surface area contributed by atoms with E-state index in [4.69, 9.17) is 0 Å². The zero-order chi connectivity index (χ0) is 16.3. The summed E-state index contributed by atoms with van der Waals surface area (Å²) in [5.74, 6) is 0.242. The molecular weight excluding hydrogens is 284 g/mol. The highest BCUT2D eigenvalue weighted by atomic mass is 16.2. The number of hydrazone groups is 1. The minimum Gasteiger partial charge on any atom is -0.326 e. The average Bonchev–Trinajstić information content (AvgIpc) is 2.82. The van der Waals surface area contributed by atoms with Gasteiger partial charge in [-0.05, 0) is 20.3 Å². The average molecular weight is 308 g/mol. The topological polar surface area (TPSA) is 89.4 Å². The van der Waals surface area contributed by atoms with E-state index in [1.165, 1.54) is 4.90 Å². The third-order valence-electron chi connectivity index (χ3n) is 3.74. The lowest BCUT2D eigenvalue weighted by Gasteiger charge is -2.36. The Labute approximate surface area is 130 Å². The summed E-state index contributed by atoms with van der Waals surface area (Å²) in [6, 6.07) is -0.908. The molecule has 8 nitrogen and oxygen atoms in total. The molecule has 8 heteroatoms. The number of imide groups is 1. The molecule has 1 saturated heterocycles. The number of nitrogens with zero attached hydrogens (tertiary/aromatic N) is 4. The second-order valence-electron chi connectivity index (χ2n) is 5.79. The fourth-order valence-electron chi connectivity index (χ4n) is 2.56. The Morgan fingerprint density at radius 2 is 2.09 bits per heavy atom.